The van der Waals surface area contributed by atoms with E-state index in [4.69, 9.17) is 9.47 Å². The minimum Gasteiger partial charge on any atom is -0.495 e. The second-order valence-corrected chi connectivity index (χ2v) is 5.34. The van der Waals surface area contributed by atoms with Crippen LogP contribution >= 0.6 is 0 Å². The number of anilines is 1. The highest BCUT2D eigenvalue weighted by Gasteiger charge is 2.21. The molecule has 0 fully saturated rings. The lowest BCUT2D eigenvalue weighted by Crippen LogP contribution is -2.25. The molecule has 1 aromatic carbocycles. The Morgan fingerprint density at radius 2 is 2.14 bits per heavy atom. The lowest BCUT2D eigenvalue weighted by atomic mass is 9.95. The molecule has 22 heavy (non-hydrogen) atoms. The maximum atomic E-state index is 11.9. The van der Waals surface area contributed by atoms with Gasteiger partial charge in [-0.2, -0.15) is 0 Å². The van der Waals surface area contributed by atoms with E-state index in [0.29, 0.717) is 17.9 Å². The molecule has 5 nitrogen and oxygen atoms in total. The molecule has 1 amide bonds. The second-order valence-electron chi connectivity index (χ2n) is 5.34. The van der Waals surface area contributed by atoms with E-state index in [-0.39, 0.29) is 24.4 Å². The number of esters is 1. The van der Waals surface area contributed by atoms with Gasteiger partial charge in [0.1, 0.15) is 5.75 Å². The van der Waals surface area contributed by atoms with Gasteiger partial charge in [0.05, 0.1) is 18.7 Å². The second kappa shape index (κ2) is 7.64. The van der Waals surface area contributed by atoms with Crippen molar-refractivity contribution in [3.05, 3.63) is 35.9 Å². The fourth-order valence-corrected chi connectivity index (χ4v) is 2.37. The molecule has 0 aromatic heterocycles. The summed E-state index contributed by atoms with van der Waals surface area (Å²) in [4.78, 5) is 23.8. The van der Waals surface area contributed by atoms with Gasteiger partial charge in [-0.1, -0.05) is 18.2 Å². The number of benzene rings is 1. The molecule has 0 bridgehead atoms. The number of allylic oxidation sites excluding steroid dienone is 2. The fourth-order valence-electron chi connectivity index (χ4n) is 2.37. The standard InChI is InChI=1S/C17H21NO4/c1-12-8-9-15(21-2)14(10-12)18-16(19)11-22-17(20)13-6-4-3-5-7-13/h3-4,8-10,13H,5-7,11H2,1-2H3,(H,18,19)/t13-/m0/s1. The topological polar surface area (TPSA) is 64.6 Å². The molecule has 1 N–H and O–H groups in total. The van der Waals surface area contributed by atoms with Crippen LogP contribution in [0.1, 0.15) is 24.8 Å². The van der Waals surface area contributed by atoms with Crippen molar-refractivity contribution in [3.63, 3.8) is 0 Å². The zero-order valence-electron chi connectivity index (χ0n) is 12.9. The van der Waals surface area contributed by atoms with E-state index in [0.717, 1.165) is 18.4 Å². The zero-order valence-corrected chi connectivity index (χ0v) is 12.9. The minimum absolute atomic E-state index is 0.133. The number of nitrogens with one attached hydrogen (secondary N) is 1. The van der Waals surface area contributed by atoms with Gasteiger partial charge in [0.15, 0.2) is 6.61 Å². The third-order valence-corrected chi connectivity index (χ3v) is 3.58. The Bertz CT molecular complexity index is 580. The molecule has 0 aliphatic heterocycles. The van der Waals surface area contributed by atoms with Crippen molar-refractivity contribution in [1.29, 1.82) is 0 Å². The van der Waals surface area contributed by atoms with E-state index >= 15 is 0 Å². The van der Waals surface area contributed by atoms with Crippen LogP contribution in [0, 0.1) is 12.8 Å². The first-order valence-electron chi connectivity index (χ1n) is 7.36. The maximum absolute atomic E-state index is 11.9. The molecule has 0 spiro atoms. The number of aryl methyl sites for hydroxylation is 1. The predicted octanol–water partition coefficient (Wildman–Crippen LogP) is 2.84. The van der Waals surface area contributed by atoms with Crippen molar-refractivity contribution >= 4 is 17.6 Å². The number of ether oxygens (including phenoxy) is 2. The Kier molecular flexibility index (Phi) is 5.58. The average molecular weight is 303 g/mol. The van der Waals surface area contributed by atoms with Gasteiger partial charge >= 0.3 is 5.97 Å². The van der Waals surface area contributed by atoms with Crippen LogP contribution in [0.15, 0.2) is 30.4 Å². The zero-order chi connectivity index (χ0) is 15.9. The monoisotopic (exact) mass is 303 g/mol. The quantitative estimate of drug-likeness (QED) is 0.671. The van der Waals surface area contributed by atoms with E-state index in [1.807, 2.05) is 25.1 Å². The Labute approximate surface area is 130 Å². The number of amides is 1. The summed E-state index contributed by atoms with van der Waals surface area (Å²) in [7, 11) is 1.54. The normalized spacial score (nSPS) is 16.9. The van der Waals surface area contributed by atoms with Crippen LogP contribution in [0.4, 0.5) is 5.69 Å². The third-order valence-electron chi connectivity index (χ3n) is 3.58. The molecule has 0 heterocycles. The van der Waals surface area contributed by atoms with Crippen molar-refractivity contribution in [2.24, 2.45) is 5.92 Å². The van der Waals surface area contributed by atoms with Gasteiger partial charge in [-0.05, 0) is 43.9 Å². The number of hydrogen-bond donors (Lipinski definition) is 1. The lowest BCUT2D eigenvalue weighted by Gasteiger charge is -2.16. The summed E-state index contributed by atoms with van der Waals surface area (Å²) >= 11 is 0. The molecular formula is C17H21NO4. The molecule has 0 unspecified atom stereocenters. The third kappa shape index (κ3) is 4.35. The number of hydrogen-bond acceptors (Lipinski definition) is 4. The first-order valence-corrected chi connectivity index (χ1v) is 7.36. The summed E-state index contributed by atoms with van der Waals surface area (Å²) in [5.74, 6) is -0.242. The van der Waals surface area contributed by atoms with Gasteiger partial charge < -0.3 is 14.8 Å². The van der Waals surface area contributed by atoms with E-state index in [9.17, 15) is 9.59 Å². The molecule has 1 atom stereocenters. The van der Waals surface area contributed by atoms with E-state index in [1.54, 1.807) is 6.07 Å². The number of rotatable bonds is 5. The predicted molar refractivity (Wildman–Crippen MR) is 83.8 cm³/mol. The molecule has 0 radical (unpaired) electrons. The summed E-state index contributed by atoms with van der Waals surface area (Å²) in [6, 6.07) is 5.49. The van der Waals surface area contributed by atoms with Crippen molar-refractivity contribution < 1.29 is 19.1 Å². The Hall–Kier alpha value is -2.30. The SMILES string of the molecule is COc1ccc(C)cc1NC(=O)COC(=O)[C@H]1CC=CCC1. The van der Waals surface area contributed by atoms with Gasteiger partial charge in [0.2, 0.25) is 0 Å². The number of carbonyl (C=O) groups is 2. The summed E-state index contributed by atoms with van der Waals surface area (Å²) in [5, 5.41) is 2.71. The molecule has 118 valence electrons. The van der Waals surface area contributed by atoms with E-state index in [2.05, 4.69) is 11.4 Å². The number of carbonyl (C=O) groups excluding carboxylic acids is 2. The molecule has 1 aliphatic rings. The van der Waals surface area contributed by atoms with Crippen LogP contribution in [0.2, 0.25) is 0 Å². The van der Waals surface area contributed by atoms with Gasteiger partial charge in [-0.3, -0.25) is 9.59 Å². The first-order chi connectivity index (χ1) is 10.6. The summed E-state index contributed by atoms with van der Waals surface area (Å²) in [6.45, 7) is 1.64. The number of methoxy groups -OCH3 is 1. The largest absolute Gasteiger partial charge is 0.495 e. The molecule has 1 aromatic rings. The highest BCUT2D eigenvalue weighted by Crippen LogP contribution is 2.25. The summed E-state index contributed by atoms with van der Waals surface area (Å²) in [5.41, 5.74) is 1.58. The summed E-state index contributed by atoms with van der Waals surface area (Å²) < 4.78 is 10.3. The molecule has 5 heteroatoms. The van der Waals surface area contributed by atoms with Crippen LogP contribution < -0.4 is 10.1 Å². The lowest BCUT2D eigenvalue weighted by molar-refractivity contribution is -0.151. The average Bonchev–Trinajstić information content (AvgIpc) is 2.53. The van der Waals surface area contributed by atoms with Crippen LogP contribution in [-0.2, 0) is 14.3 Å². The molecule has 2 rings (SSSR count). The Morgan fingerprint density at radius 1 is 1.32 bits per heavy atom. The summed E-state index contributed by atoms with van der Waals surface area (Å²) in [6.07, 6.45) is 6.38. The van der Waals surface area contributed by atoms with Crippen molar-refractivity contribution in [2.75, 3.05) is 19.0 Å². The molecular weight excluding hydrogens is 282 g/mol. The van der Waals surface area contributed by atoms with Crippen molar-refractivity contribution in [2.45, 2.75) is 26.2 Å². The Balaban J connectivity index is 1.86. The van der Waals surface area contributed by atoms with Crippen LogP contribution in [0.25, 0.3) is 0 Å². The van der Waals surface area contributed by atoms with Gasteiger partial charge in [0.25, 0.3) is 5.91 Å². The van der Waals surface area contributed by atoms with Gasteiger partial charge in [0, 0.05) is 0 Å². The molecule has 0 saturated heterocycles. The maximum Gasteiger partial charge on any atom is 0.309 e. The van der Waals surface area contributed by atoms with E-state index in [1.165, 1.54) is 7.11 Å². The first kappa shape index (κ1) is 16.1. The molecule has 1 aliphatic carbocycles. The van der Waals surface area contributed by atoms with Crippen LogP contribution in [0.5, 0.6) is 5.75 Å². The van der Waals surface area contributed by atoms with Crippen LogP contribution in [-0.4, -0.2) is 25.6 Å². The fraction of sp³-hybridized carbons (Fsp3) is 0.412. The highest BCUT2D eigenvalue weighted by atomic mass is 16.5. The Morgan fingerprint density at radius 3 is 2.82 bits per heavy atom. The van der Waals surface area contributed by atoms with E-state index < -0.39 is 0 Å². The molecule has 0 saturated carbocycles. The van der Waals surface area contributed by atoms with Crippen LogP contribution in [0.3, 0.4) is 0 Å². The van der Waals surface area contributed by atoms with Crippen molar-refractivity contribution in [3.8, 4) is 5.75 Å². The smallest absolute Gasteiger partial charge is 0.309 e. The minimum atomic E-state index is -0.372. The van der Waals surface area contributed by atoms with Gasteiger partial charge in [-0.25, -0.2) is 0 Å². The van der Waals surface area contributed by atoms with Gasteiger partial charge in [-0.15, -0.1) is 0 Å². The van der Waals surface area contributed by atoms with Crippen molar-refractivity contribution in [1.82, 2.24) is 0 Å². The highest BCUT2D eigenvalue weighted by molar-refractivity contribution is 5.94.